The molecule has 0 heterocycles. The van der Waals surface area contributed by atoms with Gasteiger partial charge in [0.2, 0.25) is 0 Å². The Hall–Kier alpha value is -1.08. The number of alkyl halides is 1. The Bertz CT molecular complexity index is 315. The standard InChI is InChI=1S/C8H11Br.C8H12.2C2H6/c1-3-5-6-8(4-2)7-9;1-4-6-8(3)7-5-2;2*1-2/h3-6H,1,7H2,2H3;4-7H,1H2,2-3H3;2*1-2H3/b6-5-,8-4+;7-5-,8-6-;;. The molecule has 0 nitrogen and oxygen atoms in total. The minimum absolute atomic E-state index is 0.911. The Morgan fingerprint density at radius 2 is 1.48 bits per heavy atom. The summed E-state index contributed by atoms with van der Waals surface area (Å²) in [5, 5.41) is 0.911. The van der Waals surface area contributed by atoms with Crippen molar-refractivity contribution in [3.8, 4) is 0 Å². The molecule has 0 saturated carbocycles. The molecule has 1 heteroatoms. The van der Waals surface area contributed by atoms with E-state index in [1.54, 1.807) is 12.2 Å². The number of hydrogen-bond donors (Lipinski definition) is 0. The second kappa shape index (κ2) is 31.4. The van der Waals surface area contributed by atoms with Gasteiger partial charge < -0.3 is 0 Å². The summed E-state index contributed by atoms with van der Waals surface area (Å²) in [5.41, 5.74) is 2.51. The summed E-state index contributed by atoms with van der Waals surface area (Å²) in [7, 11) is 0. The van der Waals surface area contributed by atoms with Crippen molar-refractivity contribution < 1.29 is 0 Å². The molecule has 0 aliphatic rings. The zero-order valence-electron chi connectivity index (χ0n) is 15.1. The molecular formula is C20H35Br. The van der Waals surface area contributed by atoms with Crippen LogP contribution in [0.15, 0.2) is 72.9 Å². The van der Waals surface area contributed by atoms with Crippen molar-refractivity contribution >= 4 is 15.9 Å². The van der Waals surface area contributed by atoms with E-state index in [0.717, 1.165) is 5.33 Å². The summed E-state index contributed by atoms with van der Waals surface area (Å²) in [5.74, 6) is 0. The highest BCUT2D eigenvalue weighted by atomic mass is 79.9. The first kappa shape index (κ1) is 28.1. The fourth-order valence-corrected chi connectivity index (χ4v) is 1.42. The van der Waals surface area contributed by atoms with E-state index in [0.29, 0.717) is 0 Å². The van der Waals surface area contributed by atoms with Gasteiger partial charge >= 0.3 is 0 Å². The number of hydrogen-bond acceptors (Lipinski definition) is 0. The molecule has 0 aromatic rings. The van der Waals surface area contributed by atoms with Crippen molar-refractivity contribution in [2.45, 2.75) is 48.5 Å². The van der Waals surface area contributed by atoms with E-state index in [4.69, 9.17) is 0 Å². The molecule has 0 saturated heterocycles. The number of rotatable bonds is 5. The summed E-state index contributed by atoms with van der Waals surface area (Å²) >= 11 is 3.35. The molecule has 0 spiro atoms. The summed E-state index contributed by atoms with van der Waals surface area (Å²) < 4.78 is 0. The Morgan fingerprint density at radius 1 is 0.952 bits per heavy atom. The van der Waals surface area contributed by atoms with Gasteiger partial charge in [-0.15, -0.1) is 0 Å². The van der Waals surface area contributed by atoms with Gasteiger partial charge in [0.05, 0.1) is 0 Å². The van der Waals surface area contributed by atoms with Crippen LogP contribution in [0.25, 0.3) is 0 Å². The van der Waals surface area contributed by atoms with Crippen LogP contribution in [0.3, 0.4) is 0 Å². The van der Waals surface area contributed by atoms with Crippen LogP contribution in [0, 0.1) is 0 Å². The molecule has 0 unspecified atom stereocenters. The van der Waals surface area contributed by atoms with Crippen LogP contribution in [0.2, 0.25) is 0 Å². The van der Waals surface area contributed by atoms with E-state index in [2.05, 4.69) is 35.2 Å². The molecular weight excluding hydrogens is 320 g/mol. The van der Waals surface area contributed by atoms with Crippen molar-refractivity contribution in [1.29, 1.82) is 0 Å². The van der Waals surface area contributed by atoms with Crippen molar-refractivity contribution in [3.05, 3.63) is 72.9 Å². The molecule has 0 aliphatic carbocycles. The van der Waals surface area contributed by atoms with Gasteiger partial charge in [0.1, 0.15) is 0 Å². The molecule has 0 aliphatic heterocycles. The smallest absolute Gasteiger partial charge is 0.0279 e. The lowest BCUT2D eigenvalue weighted by Gasteiger charge is -1.89. The monoisotopic (exact) mass is 354 g/mol. The molecule has 0 aromatic heterocycles. The Balaban J connectivity index is -0.000000111. The minimum atomic E-state index is 0.911. The number of allylic oxidation sites excluding steroid dienone is 10. The molecule has 0 fully saturated rings. The normalized spacial score (nSPS) is 10.7. The predicted molar refractivity (Wildman–Crippen MR) is 108 cm³/mol. The van der Waals surface area contributed by atoms with Crippen molar-refractivity contribution in [2.75, 3.05) is 5.33 Å². The summed E-state index contributed by atoms with van der Waals surface area (Å²) in [6.07, 6.45) is 15.6. The first-order valence-corrected chi connectivity index (χ1v) is 8.70. The lowest BCUT2D eigenvalue weighted by atomic mass is 10.2. The fraction of sp³-hybridized carbons (Fsp3) is 0.400. The highest BCUT2D eigenvalue weighted by Gasteiger charge is 1.81. The summed E-state index contributed by atoms with van der Waals surface area (Å²) in [6.45, 7) is 21.2. The van der Waals surface area contributed by atoms with E-state index in [1.165, 1.54) is 11.1 Å². The van der Waals surface area contributed by atoms with E-state index in [9.17, 15) is 0 Å². The van der Waals surface area contributed by atoms with E-state index in [1.807, 2.05) is 78.8 Å². The quantitative estimate of drug-likeness (QED) is 0.348. The lowest BCUT2D eigenvalue weighted by molar-refractivity contribution is 1.50. The van der Waals surface area contributed by atoms with E-state index >= 15 is 0 Å². The van der Waals surface area contributed by atoms with Crippen LogP contribution in [-0.2, 0) is 0 Å². The highest BCUT2D eigenvalue weighted by Crippen LogP contribution is 2.00. The third-order valence-corrected chi connectivity index (χ3v) is 2.43. The van der Waals surface area contributed by atoms with Crippen molar-refractivity contribution in [3.63, 3.8) is 0 Å². The molecule has 0 atom stereocenters. The van der Waals surface area contributed by atoms with Crippen LogP contribution in [-0.4, -0.2) is 5.33 Å². The molecule has 21 heavy (non-hydrogen) atoms. The molecule has 0 amide bonds. The third-order valence-electron chi connectivity index (χ3n) is 1.78. The lowest BCUT2D eigenvalue weighted by Crippen LogP contribution is -1.74. The molecule has 122 valence electrons. The Labute approximate surface area is 142 Å². The predicted octanol–water partition coefficient (Wildman–Crippen LogP) is 7.82. The van der Waals surface area contributed by atoms with Gasteiger partial charge in [-0.2, -0.15) is 0 Å². The number of halogens is 1. The van der Waals surface area contributed by atoms with Crippen LogP contribution < -0.4 is 0 Å². The van der Waals surface area contributed by atoms with Crippen LogP contribution in [0.4, 0.5) is 0 Å². The maximum atomic E-state index is 3.57. The Kier molecular flexibility index (Phi) is 42.0. The minimum Gasteiger partial charge on any atom is -0.0991 e. The van der Waals surface area contributed by atoms with Gasteiger partial charge in [0, 0.05) is 5.33 Å². The van der Waals surface area contributed by atoms with Gasteiger partial charge in [-0.3, -0.25) is 0 Å². The first-order chi connectivity index (χ1) is 10.2. The van der Waals surface area contributed by atoms with Gasteiger partial charge in [-0.1, -0.05) is 111 Å². The molecule has 0 rings (SSSR count). The van der Waals surface area contributed by atoms with Gasteiger partial charge in [0.15, 0.2) is 0 Å². The average molecular weight is 355 g/mol. The maximum Gasteiger partial charge on any atom is 0.0279 e. The van der Waals surface area contributed by atoms with Crippen molar-refractivity contribution in [1.82, 2.24) is 0 Å². The van der Waals surface area contributed by atoms with E-state index < -0.39 is 0 Å². The van der Waals surface area contributed by atoms with E-state index in [-0.39, 0.29) is 0 Å². The fourth-order valence-electron chi connectivity index (χ4n) is 0.914. The second-order valence-corrected chi connectivity index (χ2v) is 3.80. The van der Waals surface area contributed by atoms with Crippen LogP contribution in [0.5, 0.6) is 0 Å². The second-order valence-electron chi connectivity index (χ2n) is 3.24. The van der Waals surface area contributed by atoms with Crippen LogP contribution in [0.1, 0.15) is 48.5 Å². The third kappa shape index (κ3) is 32.4. The summed E-state index contributed by atoms with van der Waals surface area (Å²) in [6, 6.07) is 0. The SMILES string of the molecule is C=C/C=C(C)\C=C/C.C=C/C=C\C(=C/C)CBr.CC.CC. The molecule has 0 radical (unpaired) electrons. The molecule has 0 bridgehead atoms. The largest absolute Gasteiger partial charge is 0.0991 e. The molecule has 0 N–H and O–H groups in total. The Morgan fingerprint density at radius 3 is 1.76 bits per heavy atom. The summed E-state index contributed by atoms with van der Waals surface area (Å²) in [4.78, 5) is 0. The first-order valence-electron chi connectivity index (χ1n) is 7.58. The van der Waals surface area contributed by atoms with Crippen LogP contribution >= 0.6 is 15.9 Å². The van der Waals surface area contributed by atoms with Gasteiger partial charge in [-0.05, 0) is 26.3 Å². The topological polar surface area (TPSA) is 0 Å². The zero-order valence-corrected chi connectivity index (χ0v) is 16.7. The average Bonchev–Trinajstić information content (AvgIpc) is 2.53. The maximum absolute atomic E-state index is 3.57. The van der Waals surface area contributed by atoms with Gasteiger partial charge in [-0.25, -0.2) is 0 Å². The zero-order chi connectivity index (χ0) is 17.5. The molecule has 0 aromatic carbocycles. The van der Waals surface area contributed by atoms with Gasteiger partial charge in [0.25, 0.3) is 0 Å². The highest BCUT2D eigenvalue weighted by molar-refractivity contribution is 9.09. The van der Waals surface area contributed by atoms with Crippen molar-refractivity contribution in [2.24, 2.45) is 0 Å².